The van der Waals surface area contributed by atoms with E-state index in [0.717, 1.165) is 25.3 Å². The summed E-state index contributed by atoms with van der Waals surface area (Å²) in [6, 6.07) is 0. The van der Waals surface area contributed by atoms with Crippen LogP contribution in [0.3, 0.4) is 0 Å². The normalized spacial score (nSPS) is 18.7. The molecule has 0 atom stereocenters. The third-order valence-corrected chi connectivity index (χ3v) is 2.22. The Morgan fingerprint density at radius 1 is 1.33 bits per heavy atom. The van der Waals surface area contributed by atoms with E-state index in [2.05, 4.69) is 20.3 Å². The lowest BCUT2D eigenvalue weighted by molar-refractivity contribution is 0.327. The number of anilines is 1. The molecule has 12 heavy (non-hydrogen) atoms. The summed E-state index contributed by atoms with van der Waals surface area (Å²) in [7, 11) is 0. The predicted molar refractivity (Wildman–Crippen MR) is 45.3 cm³/mol. The summed E-state index contributed by atoms with van der Waals surface area (Å²) in [6.07, 6.45) is 2.58. The SMILES string of the molecule is Nc1n[nH]nc1CN1CCCC1. The van der Waals surface area contributed by atoms with E-state index in [1.165, 1.54) is 12.8 Å². The van der Waals surface area contributed by atoms with Gasteiger partial charge < -0.3 is 5.73 Å². The van der Waals surface area contributed by atoms with Crippen LogP contribution in [0.5, 0.6) is 0 Å². The number of H-pyrrole nitrogens is 1. The van der Waals surface area contributed by atoms with Crippen molar-refractivity contribution in [1.82, 2.24) is 20.3 Å². The molecule has 2 rings (SSSR count). The summed E-state index contributed by atoms with van der Waals surface area (Å²) >= 11 is 0. The molecule has 0 aromatic carbocycles. The number of nitrogens with one attached hydrogen (secondary N) is 1. The van der Waals surface area contributed by atoms with Crippen LogP contribution in [0.2, 0.25) is 0 Å². The van der Waals surface area contributed by atoms with E-state index in [1.54, 1.807) is 0 Å². The minimum atomic E-state index is 0.530. The summed E-state index contributed by atoms with van der Waals surface area (Å²) < 4.78 is 0. The van der Waals surface area contributed by atoms with Gasteiger partial charge in [0.2, 0.25) is 0 Å². The van der Waals surface area contributed by atoms with Crippen LogP contribution in [-0.4, -0.2) is 33.4 Å². The first-order valence-electron chi connectivity index (χ1n) is 4.24. The zero-order chi connectivity index (χ0) is 8.39. The van der Waals surface area contributed by atoms with Crippen molar-refractivity contribution in [2.24, 2.45) is 0 Å². The molecule has 1 fully saturated rings. The minimum absolute atomic E-state index is 0.530. The molecule has 0 bridgehead atoms. The third kappa shape index (κ3) is 1.40. The molecule has 0 saturated carbocycles. The Kier molecular flexibility index (Phi) is 1.95. The second-order valence-electron chi connectivity index (χ2n) is 3.14. The summed E-state index contributed by atoms with van der Waals surface area (Å²) in [5.74, 6) is 0.530. The Morgan fingerprint density at radius 3 is 2.67 bits per heavy atom. The quantitative estimate of drug-likeness (QED) is 0.649. The fourth-order valence-corrected chi connectivity index (χ4v) is 1.53. The maximum Gasteiger partial charge on any atom is 0.170 e. The number of nitrogens with two attached hydrogens (primary N) is 1. The molecule has 0 aliphatic carbocycles. The lowest BCUT2D eigenvalue weighted by atomic mass is 10.4. The molecule has 1 aromatic heterocycles. The van der Waals surface area contributed by atoms with Gasteiger partial charge in [0, 0.05) is 6.54 Å². The van der Waals surface area contributed by atoms with E-state index in [1.807, 2.05) is 0 Å². The molecule has 5 heteroatoms. The number of nitrogens with zero attached hydrogens (tertiary/aromatic N) is 3. The van der Waals surface area contributed by atoms with E-state index in [-0.39, 0.29) is 0 Å². The Morgan fingerprint density at radius 2 is 2.08 bits per heavy atom. The molecule has 1 aliphatic heterocycles. The van der Waals surface area contributed by atoms with Crippen molar-refractivity contribution in [2.75, 3.05) is 18.8 Å². The molecule has 1 aliphatic rings. The third-order valence-electron chi connectivity index (χ3n) is 2.22. The first kappa shape index (κ1) is 7.54. The molecule has 0 unspecified atom stereocenters. The van der Waals surface area contributed by atoms with Crippen molar-refractivity contribution in [2.45, 2.75) is 19.4 Å². The van der Waals surface area contributed by atoms with Crippen molar-refractivity contribution >= 4 is 5.82 Å². The van der Waals surface area contributed by atoms with Gasteiger partial charge >= 0.3 is 0 Å². The number of hydrogen-bond donors (Lipinski definition) is 2. The number of aromatic amines is 1. The van der Waals surface area contributed by atoms with Gasteiger partial charge in [0.15, 0.2) is 5.82 Å². The van der Waals surface area contributed by atoms with Gasteiger partial charge in [0.25, 0.3) is 0 Å². The maximum atomic E-state index is 5.59. The second kappa shape index (κ2) is 3.10. The van der Waals surface area contributed by atoms with Crippen LogP contribution in [0.1, 0.15) is 18.5 Å². The van der Waals surface area contributed by atoms with E-state index >= 15 is 0 Å². The first-order valence-corrected chi connectivity index (χ1v) is 4.24. The maximum absolute atomic E-state index is 5.59. The van der Waals surface area contributed by atoms with Gasteiger partial charge in [-0.15, -0.1) is 5.10 Å². The lowest BCUT2D eigenvalue weighted by Crippen LogP contribution is -2.19. The van der Waals surface area contributed by atoms with Crippen LogP contribution in [0.15, 0.2) is 0 Å². The molecule has 5 nitrogen and oxygen atoms in total. The van der Waals surface area contributed by atoms with E-state index < -0.39 is 0 Å². The predicted octanol–water partition coefficient (Wildman–Crippen LogP) is -0.0173. The molecule has 1 saturated heterocycles. The van der Waals surface area contributed by atoms with Gasteiger partial charge in [-0.3, -0.25) is 4.90 Å². The molecule has 0 spiro atoms. The van der Waals surface area contributed by atoms with Crippen molar-refractivity contribution < 1.29 is 0 Å². The summed E-state index contributed by atoms with van der Waals surface area (Å²) in [4.78, 5) is 2.34. The van der Waals surface area contributed by atoms with Crippen LogP contribution in [-0.2, 0) is 6.54 Å². The number of likely N-dealkylation sites (tertiary alicyclic amines) is 1. The summed E-state index contributed by atoms with van der Waals surface area (Å²) in [5, 5.41) is 10.3. The van der Waals surface area contributed by atoms with E-state index in [0.29, 0.717) is 5.82 Å². The van der Waals surface area contributed by atoms with Crippen LogP contribution in [0.25, 0.3) is 0 Å². The number of aromatic nitrogens is 3. The molecule has 0 amide bonds. The van der Waals surface area contributed by atoms with Crippen LogP contribution in [0.4, 0.5) is 5.82 Å². The van der Waals surface area contributed by atoms with Crippen molar-refractivity contribution in [3.8, 4) is 0 Å². The van der Waals surface area contributed by atoms with Gasteiger partial charge in [-0.1, -0.05) is 0 Å². The largest absolute Gasteiger partial charge is 0.381 e. The van der Waals surface area contributed by atoms with Gasteiger partial charge in [-0.2, -0.15) is 10.3 Å². The highest BCUT2D eigenvalue weighted by molar-refractivity contribution is 5.31. The van der Waals surface area contributed by atoms with Crippen molar-refractivity contribution in [3.63, 3.8) is 0 Å². The smallest absolute Gasteiger partial charge is 0.170 e. The fourth-order valence-electron chi connectivity index (χ4n) is 1.53. The number of nitrogen functional groups attached to an aromatic ring is 1. The van der Waals surface area contributed by atoms with Crippen LogP contribution >= 0.6 is 0 Å². The van der Waals surface area contributed by atoms with Gasteiger partial charge in [0.1, 0.15) is 5.69 Å². The fraction of sp³-hybridized carbons (Fsp3) is 0.714. The molecule has 1 aromatic rings. The molecular weight excluding hydrogens is 154 g/mol. The lowest BCUT2D eigenvalue weighted by Gasteiger charge is -2.11. The summed E-state index contributed by atoms with van der Waals surface area (Å²) in [6.45, 7) is 3.15. The highest BCUT2D eigenvalue weighted by Crippen LogP contribution is 2.12. The minimum Gasteiger partial charge on any atom is -0.381 e. The molecule has 2 heterocycles. The van der Waals surface area contributed by atoms with Gasteiger partial charge in [0.05, 0.1) is 0 Å². The Hall–Kier alpha value is -1.10. The zero-order valence-corrected chi connectivity index (χ0v) is 6.95. The molecule has 0 radical (unpaired) electrons. The van der Waals surface area contributed by atoms with Crippen LogP contribution < -0.4 is 5.73 Å². The van der Waals surface area contributed by atoms with E-state index in [9.17, 15) is 0 Å². The number of hydrogen-bond acceptors (Lipinski definition) is 4. The highest BCUT2D eigenvalue weighted by Gasteiger charge is 2.14. The Labute approximate surface area is 70.9 Å². The topological polar surface area (TPSA) is 70.8 Å². The molecule has 3 N–H and O–H groups in total. The number of rotatable bonds is 2. The average Bonchev–Trinajstić information content (AvgIpc) is 2.65. The first-order chi connectivity index (χ1) is 5.86. The monoisotopic (exact) mass is 167 g/mol. The highest BCUT2D eigenvalue weighted by atomic mass is 15.4. The molecule has 66 valence electrons. The van der Waals surface area contributed by atoms with E-state index in [4.69, 9.17) is 5.73 Å². The van der Waals surface area contributed by atoms with Gasteiger partial charge in [-0.25, -0.2) is 0 Å². The Bertz CT molecular complexity index is 250. The Balaban J connectivity index is 1.98. The standard InChI is InChI=1S/C7H13N5/c8-7-6(9-11-10-7)5-12-3-1-2-4-12/h1-5H2,(H3,8,9,10,11). The summed E-state index contributed by atoms with van der Waals surface area (Å²) in [5.41, 5.74) is 6.46. The van der Waals surface area contributed by atoms with Crippen molar-refractivity contribution in [3.05, 3.63) is 5.69 Å². The van der Waals surface area contributed by atoms with Crippen LogP contribution in [0, 0.1) is 0 Å². The molecular formula is C7H13N5. The van der Waals surface area contributed by atoms with Crippen molar-refractivity contribution in [1.29, 1.82) is 0 Å². The average molecular weight is 167 g/mol. The second-order valence-corrected chi connectivity index (χ2v) is 3.14. The zero-order valence-electron chi connectivity index (χ0n) is 6.95. The van der Waals surface area contributed by atoms with Gasteiger partial charge in [-0.05, 0) is 25.9 Å².